The smallest absolute Gasteiger partial charge is 0.250 e. The first-order valence-electron chi connectivity index (χ1n) is 4.78. The van der Waals surface area contributed by atoms with E-state index in [1.54, 1.807) is 0 Å². The highest BCUT2D eigenvalue weighted by Gasteiger charge is 2.18. The maximum Gasteiger partial charge on any atom is 0.250 e. The Kier molecular flexibility index (Phi) is 3.76. The zero-order valence-corrected chi connectivity index (χ0v) is 9.14. The van der Waals surface area contributed by atoms with Gasteiger partial charge in [0.2, 0.25) is 17.7 Å². The zero-order valence-electron chi connectivity index (χ0n) is 9.14. The minimum absolute atomic E-state index is 0.216. The number of pyridine rings is 1. The number of nitrogens with two attached hydrogens (primary N) is 2. The van der Waals surface area contributed by atoms with E-state index in [9.17, 15) is 14.4 Å². The van der Waals surface area contributed by atoms with Gasteiger partial charge >= 0.3 is 0 Å². The Morgan fingerprint density at radius 3 is 2.35 bits per heavy atom. The second kappa shape index (κ2) is 5.06. The second-order valence-electron chi connectivity index (χ2n) is 3.41. The number of carbonyl (C=O) groups is 3. The van der Waals surface area contributed by atoms with Gasteiger partial charge in [0, 0.05) is 6.20 Å². The topological polar surface area (TPSA) is 128 Å². The number of aromatic nitrogens is 1. The molecular formula is C10H12N4O3. The standard InChI is InChI=1S/C10H12N4O3/c1-5(8(11)15)10(17)14-7-3-2-6(4-13-7)9(12)16/h2-5H,1H3,(H2,11,15)(H2,12,16)(H,13,14,17). The number of hydrogen-bond donors (Lipinski definition) is 3. The Bertz CT molecular complexity index is 455. The normalized spacial score (nSPS) is 11.6. The van der Waals surface area contributed by atoms with Gasteiger partial charge in [-0.15, -0.1) is 0 Å². The van der Waals surface area contributed by atoms with E-state index in [0.29, 0.717) is 0 Å². The Labute approximate surface area is 97.2 Å². The first-order chi connectivity index (χ1) is 7.91. The summed E-state index contributed by atoms with van der Waals surface area (Å²) in [6.45, 7) is 1.38. The lowest BCUT2D eigenvalue weighted by atomic mass is 10.1. The fraction of sp³-hybridized carbons (Fsp3) is 0.200. The summed E-state index contributed by atoms with van der Waals surface area (Å²) in [6.07, 6.45) is 1.23. The van der Waals surface area contributed by atoms with Crippen molar-refractivity contribution >= 4 is 23.5 Å². The van der Waals surface area contributed by atoms with Gasteiger partial charge in [-0.2, -0.15) is 0 Å². The van der Waals surface area contributed by atoms with Crippen molar-refractivity contribution in [1.29, 1.82) is 0 Å². The molecule has 1 atom stereocenters. The summed E-state index contributed by atoms with van der Waals surface area (Å²) >= 11 is 0. The molecule has 3 amide bonds. The fourth-order valence-electron chi connectivity index (χ4n) is 0.977. The van der Waals surface area contributed by atoms with Crippen molar-refractivity contribution in [1.82, 2.24) is 4.98 Å². The van der Waals surface area contributed by atoms with Crippen LogP contribution in [0.1, 0.15) is 17.3 Å². The van der Waals surface area contributed by atoms with Crippen LogP contribution in [-0.2, 0) is 9.59 Å². The van der Waals surface area contributed by atoms with Crippen LogP contribution < -0.4 is 16.8 Å². The highest BCUT2D eigenvalue weighted by Crippen LogP contribution is 2.06. The number of nitrogens with one attached hydrogen (secondary N) is 1. The van der Waals surface area contributed by atoms with Crippen molar-refractivity contribution in [2.24, 2.45) is 17.4 Å². The molecule has 1 heterocycles. The van der Waals surface area contributed by atoms with E-state index >= 15 is 0 Å². The van der Waals surface area contributed by atoms with Gasteiger partial charge in [0.05, 0.1) is 5.56 Å². The molecule has 0 radical (unpaired) electrons. The number of nitrogens with zero attached hydrogens (tertiary/aromatic N) is 1. The summed E-state index contributed by atoms with van der Waals surface area (Å²) in [4.78, 5) is 36.7. The molecule has 7 nitrogen and oxygen atoms in total. The van der Waals surface area contributed by atoms with E-state index in [1.807, 2.05) is 0 Å². The highest BCUT2D eigenvalue weighted by molar-refractivity contribution is 6.05. The molecule has 0 fully saturated rings. The van der Waals surface area contributed by atoms with E-state index < -0.39 is 23.6 Å². The van der Waals surface area contributed by atoms with E-state index in [4.69, 9.17) is 11.5 Å². The zero-order chi connectivity index (χ0) is 13.0. The Morgan fingerprint density at radius 2 is 1.94 bits per heavy atom. The van der Waals surface area contributed by atoms with Crippen LogP contribution in [0, 0.1) is 5.92 Å². The lowest BCUT2D eigenvalue weighted by Gasteiger charge is -2.08. The molecule has 1 unspecified atom stereocenters. The summed E-state index contributed by atoms with van der Waals surface area (Å²) in [6, 6.07) is 2.82. The first kappa shape index (κ1) is 12.6. The molecule has 0 saturated carbocycles. The first-order valence-corrected chi connectivity index (χ1v) is 4.78. The second-order valence-corrected chi connectivity index (χ2v) is 3.41. The third-order valence-corrected chi connectivity index (χ3v) is 2.12. The summed E-state index contributed by atoms with van der Waals surface area (Å²) in [7, 11) is 0. The van der Waals surface area contributed by atoms with E-state index in [0.717, 1.165) is 0 Å². The number of primary amides is 2. The Morgan fingerprint density at radius 1 is 1.29 bits per heavy atom. The maximum atomic E-state index is 11.4. The molecule has 0 aliphatic rings. The molecule has 0 aliphatic carbocycles. The van der Waals surface area contributed by atoms with Crippen LogP contribution in [0.3, 0.4) is 0 Å². The molecule has 5 N–H and O–H groups in total. The number of hydrogen-bond acceptors (Lipinski definition) is 4. The van der Waals surface area contributed by atoms with E-state index in [-0.39, 0.29) is 11.4 Å². The molecule has 0 saturated heterocycles. The third kappa shape index (κ3) is 3.26. The minimum atomic E-state index is -0.951. The molecule has 90 valence electrons. The molecule has 0 spiro atoms. The van der Waals surface area contributed by atoms with Gasteiger partial charge in [-0.05, 0) is 19.1 Å². The van der Waals surface area contributed by atoms with Gasteiger partial charge < -0.3 is 16.8 Å². The average Bonchev–Trinajstić information content (AvgIpc) is 2.28. The maximum absolute atomic E-state index is 11.4. The molecule has 17 heavy (non-hydrogen) atoms. The van der Waals surface area contributed by atoms with E-state index in [2.05, 4.69) is 10.3 Å². The van der Waals surface area contributed by atoms with Gasteiger partial charge in [-0.1, -0.05) is 0 Å². The predicted molar refractivity (Wildman–Crippen MR) is 59.7 cm³/mol. The van der Waals surface area contributed by atoms with Crippen LogP contribution in [0.4, 0.5) is 5.82 Å². The summed E-state index contributed by atoms with van der Waals surface area (Å²) in [5.74, 6) is -2.63. The van der Waals surface area contributed by atoms with Crippen molar-refractivity contribution in [2.45, 2.75) is 6.92 Å². The Hall–Kier alpha value is -2.44. The lowest BCUT2D eigenvalue weighted by molar-refractivity contribution is -0.129. The van der Waals surface area contributed by atoms with Crippen LogP contribution in [-0.4, -0.2) is 22.7 Å². The van der Waals surface area contributed by atoms with E-state index in [1.165, 1.54) is 25.3 Å². The minimum Gasteiger partial charge on any atom is -0.369 e. The van der Waals surface area contributed by atoms with Crippen LogP contribution >= 0.6 is 0 Å². The summed E-state index contributed by atoms with van der Waals surface area (Å²) in [5.41, 5.74) is 10.2. The van der Waals surface area contributed by atoms with Crippen molar-refractivity contribution in [2.75, 3.05) is 5.32 Å². The number of anilines is 1. The molecule has 7 heteroatoms. The van der Waals surface area contributed by atoms with Crippen LogP contribution in [0.5, 0.6) is 0 Å². The van der Waals surface area contributed by atoms with Crippen molar-refractivity contribution < 1.29 is 14.4 Å². The van der Waals surface area contributed by atoms with Crippen molar-refractivity contribution in [3.8, 4) is 0 Å². The lowest BCUT2D eigenvalue weighted by Crippen LogP contribution is -2.32. The van der Waals surface area contributed by atoms with Gasteiger partial charge in [-0.3, -0.25) is 14.4 Å². The predicted octanol–water partition coefficient (Wildman–Crippen LogP) is -0.760. The van der Waals surface area contributed by atoms with Gasteiger partial charge in [0.1, 0.15) is 11.7 Å². The molecule has 1 rings (SSSR count). The quantitative estimate of drug-likeness (QED) is 0.593. The van der Waals surface area contributed by atoms with Crippen molar-refractivity contribution in [3.63, 3.8) is 0 Å². The molecule has 1 aromatic rings. The molecule has 0 aromatic carbocycles. The monoisotopic (exact) mass is 236 g/mol. The average molecular weight is 236 g/mol. The largest absolute Gasteiger partial charge is 0.369 e. The molecular weight excluding hydrogens is 224 g/mol. The SMILES string of the molecule is CC(C(N)=O)C(=O)Nc1ccc(C(N)=O)cn1. The third-order valence-electron chi connectivity index (χ3n) is 2.12. The van der Waals surface area contributed by atoms with Crippen LogP contribution in [0.2, 0.25) is 0 Å². The Balaban J connectivity index is 2.73. The van der Waals surface area contributed by atoms with Gasteiger partial charge in [0.15, 0.2) is 0 Å². The molecule has 1 aromatic heterocycles. The number of carbonyl (C=O) groups excluding carboxylic acids is 3. The molecule has 0 bridgehead atoms. The van der Waals surface area contributed by atoms with Gasteiger partial charge in [0.25, 0.3) is 0 Å². The fourth-order valence-corrected chi connectivity index (χ4v) is 0.977. The van der Waals surface area contributed by atoms with Crippen LogP contribution in [0.15, 0.2) is 18.3 Å². The van der Waals surface area contributed by atoms with Crippen molar-refractivity contribution in [3.05, 3.63) is 23.9 Å². The summed E-state index contributed by atoms with van der Waals surface area (Å²) in [5, 5.41) is 2.39. The molecule has 0 aliphatic heterocycles. The highest BCUT2D eigenvalue weighted by atomic mass is 16.2. The van der Waals surface area contributed by atoms with Gasteiger partial charge in [-0.25, -0.2) is 4.98 Å². The van der Waals surface area contributed by atoms with Crippen LogP contribution in [0.25, 0.3) is 0 Å². The summed E-state index contributed by atoms with van der Waals surface area (Å²) < 4.78 is 0. The number of rotatable bonds is 4. The number of amides is 3.